The Kier molecular flexibility index (Phi) is 16.7. The summed E-state index contributed by atoms with van der Waals surface area (Å²) in [5.74, 6) is 0. The molecule has 0 aromatic rings. The summed E-state index contributed by atoms with van der Waals surface area (Å²) in [5, 5.41) is 9.72. The standard InChI is InChI=1S/C21H45NO/c1-3-5-6-7-8-9-10-11-12-13-14-15-16-17-18-19-20-21(22,23)4-2/h23H,3-20,22H2,1-2H3. The maximum atomic E-state index is 9.72. The fraction of sp³-hybridized carbons (Fsp3) is 1.00. The van der Waals surface area contributed by atoms with Gasteiger partial charge in [0.15, 0.2) is 0 Å². The Morgan fingerprint density at radius 2 is 0.870 bits per heavy atom. The van der Waals surface area contributed by atoms with Crippen molar-refractivity contribution in [1.82, 2.24) is 0 Å². The van der Waals surface area contributed by atoms with Crippen LogP contribution in [0.1, 0.15) is 129 Å². The molecule has 0 aliphatic heterocycles. The molecular formula is C21H45NO. The van der Waals surface area contributed by atoms with Crippen LogP contribution in [0.2, 0.25) is 0 Å². The van der Waals surface area contributed by atoms with E-state index in [9.17, 15) is 5.11 Å². The third-order valence-corrected chi connectivity index (χ3v) is 5.08. The van der Waals surface area contributed by atoms with Gasteiger partial charge in [-0.05, 0) is 19.3 Å². The lowest BCUT2D eigenvalue weighted by Crippen LogP contribution is -2.38. The van der Waals surface area contributed by atoms with Gasteiger partial charge in [0, 0.05) is 0 Å². The molecule has 0 spiro atoms. The number of rotatable bonds is 18. The van der Waals surface area contributed by atoms with Gasteiger partial charge in [-0.2, -0.15) is 0 Å². The minimum absolute atomic E-state index is 0.658. The first-order chi connectivity index (χ1) is 11.1. The zero-order valence-electron chi connectivity index (χ0n) is 16.3. The molecule has 0 aliphatic rings. The Balaban J connectivity index is 3.05. The van der Waals surface area contributed by atoms with Gasteiger partial charge in [-0.15, -0.1) is 0 Å². The number of hydrogen-bond acceptors (Lipinski definition) is 2. The van der Waals surface area contributed by atoms with Crippen molar-refractivity contribution in [2.75, 3.05) is 0 Å². The molecule has 1 unspecified atom stereocenters. The molecule has 0 aromatic heterocycles. The van der Waals surface area contributed by atoms with Gasteiger partial charge in [0.25, 0.3) is 0 Å². The van der Waals surface area contributed by atoms with Crippen molar-refractivity contribution >= 4 is 0 Å². The summed E-state index contributed by atoms with van der Waals surface area (Å²) in [6, 6.07) is 0. The lowest BCUT2D eigenvalue weighted by atomic mass is 10.0. The number of aliphatic hydroxyl groups is 1. The van der Waals surface area contributed by atoms with Crippen LogP contribution in [0.5, 0.6) is 0 Å². The minimum Gasteiger partial charge on any atom is -0.376 e. The molecule has 23 heavy (non-hydrogen) atoms. The predicted octanol–water partition coefficient (Wildman–Crippen LogP) is 6.70. The highest BCUT2D eigenvalue weighted by molar-refractivity contribution is 4.67. The van der Waals surface area contributed by atoms with Crippen molar-refractivity contribution in [3.8, 4) is 0 Å². The number of nitrogens with two attached hydrogens (primary N) is 1. The molecule has 0 rings (SSSR count). The lowest BCUT2D eigenvalue weighted by molar-refractivity contribution is 0.0314. The number of hydrogen-bond donors (Lipinski definition) is 2. The van der Waals surface area contributed by atoms with E-state index in [0.29, 0.717) is 6.42 Å². The average molecular weight is 328 g/mol. The molecule has 0 aromatic carbocycles. The van der Waals surface area contributed by atoms with Crippen LogP contribution in [0.15, 0.2) is 0 Å². The van der Waals surface area contributed by atoms with Crippen molar-refractivity contribution in [2.45, 2.75) is 135 Å². The summed E-state index contributed by atoms with van der Waals surface area (Å²) in [7, 11) is 0. The van der Waals surface area contributed by atoms with E-state index in [1.54, 1.807) is 0 Å². The normalized spacial score (nSPS) is 14.1. The molecule has 2 nitrogen and oxygen atoms in total. The van der Waals surface area contributed by atoms with Gasteiger partial charge in [0.1, 0.15) is 5.72 Å². The Bertz CT molecular complexity index is 228. The Morgan fingerprint density at radius 1 is 0.565 bits per heavy atom. The summed E-state index contributed by atoms with van der Waals surface area (Å²) >= 11 is 0. The predicted molar refractivity (Wildman–Crippen MR) is 104 cm³/mol. The van der Waals surface area contributed by atoms with Crippen LogP contribution >= 0.6 is 0 Å². The molecule has 1 atom stereocenters. The summed E-state index contributed by atoms with van der Waals surface area (Å²) in [6.45, 7) is 4.23. The largest absolute Gasteiger partial charge is 0.376 e. The van der Waals surface area contributed by atoms with Gasteiger partial charge in [-0.3, -0.25) is 0 Å². The minimum atomic E-state index is -0.921. The van der Waals surface area contributed by atoms with Gasteiger partial charge in [-0.1, -0.05) is 110 Å². The molecule has 0 amide bonds. The molecule has 0 saturated heterocycles. The van der Waals surface area contributed by atoms with E-state index >= 15 is 0 Å². The average Bonchev–Trinajstić information content (AvgIpc) is 2.54. The van der Waals surface area contributed by atoms with Crippen LogP contribution in [-0.4, -0.2) is 10.8 Å². The molecule has 0 aliphatic carbocycles. The van der Waals surface area contributed by atoms with Crippen LogP contribution in [-0.2, 0) is 0 Å². The number of unbranched alkanes of at least 4 members (excludes halogenated alkanes) is 15. The smallest absolute Gasteiger partial charge is 0.113 e. The molecule has 0 bridgehead atoms. The van der Waals surface area contributed by atoms with Gasteiger partial charge in [-0.25, -0.2) is 0 Å². The van der Waals surface area contributed by atoms with E-state index in [1.807, 2.05) is 6.92 Å². The first-order valence-corrected chi connectivity index (χ1v) is 10.6. The van der Waals surface area contributed by atoms with E-state index in [-0.39, 0.29) is 0 Å². The van der Waals surface area contributed by atoms with Crippen LogP contribution in [0.3, 0.4) is 0 Å². The second-order valence-corrected chi connectivity index (χ2v) is 7.51. The maximum absolute atomic E-state index is 9.72. The fourth-order valence-corrected chi connectivity index (χ4v) is 3.16. The fourth-order valence-electron chi connectivity index (χ4n) is 3.16. The van der Waals surface area contributed by atoms with Crippen molar-refractivity contribution < 1.29 is 5.11 Å². The van der Waals surface area contributed by atoms with Crippen molar-refractivity contribution in [3.63, 3.8) is 0 Å². The van der Waals surface area contributed by atoms with E-state index in [1.165, 1.54) is 96.3 Å². The molecule has 0 fully saturated rings. The molecule has 2 heteroatoms. The molecular weight excluding hydrogens is 282 g/mol. The Hall–Kier alpha value is -0.0800. The van der Waals surface area contributed by atoms with Gasteiger partial charge >= 0.3 is 0 Å². The van der Waals surface area contributed by atoms with E-state index in [4.69, 9.17) is 5.73 Å². The first kappa shape index (κ1) is 22.9. The van der Waals surface area contributed by atoms with Crippen molar-refractivity contribution in [2.24, 2.45) is 5.73 Å². The third kappa shape index (κ3) is 18.1. The Morgan fingerprint density at radius 3 is 1.17 bits per heavy atom. The van der Waals surface area contributed by atoms with Crippen LogP contribution < -0.4 is 5.73 Å². The second kappa shape index (κ2) is 16.8. The zero-order chi connectivity index (χ0) is 17.2. The van der Waals surface area contributed by atoms with Crippen molar-refractivity contribution in [3.05, 3.63) is 0 Å². The molecule has 140 valence electrons. The topological polar surface area (TPSA) is 46.2 Å². The highest BCUT2D eigenvalue weighted by atomic mass is 16.3. The monoisotopic (exact) mass is 327 g/mol. The first-order valence-electron chi connectivity index (χ1n) is 10.6. The second-order valence-electron chi connectivity index (χ2n) is 7.51. The quantitative estimate of drug-likeness (QED) is 0.217. The summed E-state index contributed by atoms with van der Waals surface area (Å²) in [5.41, 5.74) is 4.81. The van der Waals surface area contributed by atoms with Crippen molar-refractivity contribution in [1.29, 1.82) is 0 Å². The SMILES string of the molecule is CCCCCCCCCCCCCCCCCCC(N)(O)CC. The van der Waals surface area contributed by atoms with E-state index in [0.717, 1.165) is 12.8 Å². The summed E-state index contributed by atoms with van der Waals surface area (Å²) < 4.78 is 0. The lowest BCUT2D eigenvalue weighted by Gasteiger charge is -2.20. The van der Waals surface area contributed by atoms with Gasteiger partial charge < -0.3 is 10.8 Å². The summed E-state index contributed by atoms with van der Waals surface area (Å²) in [4.78, 5) is 0. The molecule has 3 N–H and O–H groups in total. The zero-order valence-corrected chi connectivity index (χ0v) is 16.3. The van der Waals surface area contributed by atoms with E-state index < -0.39 is 5.72 Å². The maximum Gasteiger partial charge on any atom is 0.113 e. The van der Waals surface area contributed by atoms with Gasteiger partial charge in [0.2, 0.25) is 0 Å². The molecule has 0 saturated carbocycles. The molecule has 0 heterocycles. The molecule has 0 radical (unpaired) electrons. The van der Waals surface area contributed by atoms with Crippen LogP contribution in [0.4, 0.5) is 0 Å². The highest BCUT2D eigenvalue weighted by Gasteiger charge is 2.16. The third-order valence-electron chi connectivity index (χ3n) is 5.08. The van der Waals surface area contributed by atoms with Gasteiger partial charge in [0.05, 0.1) is 0 Å². The van der Waals surface area contributed by atoms with E-state index in [2.05, 4.69) is 6.92 Å². The van der Waals surface area contributed by atoms with Crippen LogP contribution in [0, 0.1) is 0 Å². The van der Waals surface area contributed by atoms with Crippen LogP contribution in [0.25, 0.3) is 0 Å². The highest BCUT2D eigenvalue weighted by Crippen LogP contribution is 2.16. The summed E-state index contributed by atoms with van der Waals surface area (Å²) in [6.07, 6.45) is 23.5. The Labute approximate surface area is 146 Å².